The van der Waals surface area contributed by atoms with Gasteiger partial charge in [0.15, 0.2) is 11.5 Å². The number of rotatable bonds is 6. The lowest BCUT2D eigenvalue weighted by Gasteiger charge is -2.35. The van der Waals surface area contributed by atoms with Gasteiger partial charge in [-0.2, -0.15) is 0 Å². The molecule has 2 aromatic carbocycles. The van der Waals surface area contributed by atoms with Gasteiger partial charge >= 0.3 is 5.97 Å². The van der Waals surface area contributed by atoms with E-state index in [9.17, 15) is 14.4 Å². The Balaban J connectivity index is 1.55. The van der Waals surface area contributed by atoms with E-state index in [1.807, 2.05) is 18.2 Å². The quantitative estimate of drug-likeness (QED) is 0.482. The van der Waals surface area contributed by atoms with Crippen LogP contribution in [0.5, 0.6) is 11.5 Å². The van der Waals surface area contributed by atoms with Gasteiger partial charge in [0.25, 0.3) is 5.91 Å². The summed E-state index contributed by atoms with van der Waals surface area (Å²) in [6.07, 6.45) is 3.05. The van der Waals surface area contributed by atoms with Gasteiger partial charge in [0.2, 0.25) is 5.91 Å². The van der Waals surface area contributed by atoms with Gasteiger partial charge in [-0.05, 0) is 55.7 Å². The molecule has 34 heavy (non-hydrogen) atoms. The smallest absolute Gasteiger partial charge is 0.310 e. The molecule has 0 bridgehead atoms. The zero-order valence-corrected chi connectivity index (χ0v) is 19.4. The number of ether oxygens (including phenoxy) is 3. The molecule has 1 atom stereocenters. The second kappa shape index (κ2) is 10.4. The topological polar surface area (TPSA) is 85.4 Å². The lowest BCUT2D eigenvalue weighted by molar-refractivity contribution is -0.151. The van der Waals surface area contributed by atoms with E-state index in [4.69, 9.17) is 14.2 Å². The first-order valence-electron chi connectivity index (χ1n) is 11.4. The molecular weight excluding hydrogens is 436 g/mol. The van der Waals surface area contributed by atoms with E-state index in [1.54, 1.807) is 55.3 Å². The number of fused-ring (bicyclic) bond motifs is 1. The van der Waals surface area contributed by atoms with Crippen LogP contribution in [-0.2, 0) is 19.1 Å². The summed E-state index contributed by atoms with van der Waals surface area (Å²) in [7, 11) is 1.59. The molecule has 0 spiro atoms. The first-order chi connectivity index (χ1) is 16.5. The Morgan fingerprint density at radius 2 is 1.91 bits per heavy atom. The van der Waals surface area contributed by atoms with Crippen molar-refractivity contribution >= 4 is 29.5 Å². The number of nitrogens with zero attached hydrogens (tertiary/aromatic N) is 2. The highest BCUT2D eigenvalue weighted by atomic mass is 16.5. The molecule has 0 aromatic heterocycles. The first-order valence-corrected chi connectivity index (χ1v) is 11.4. The minimum Gasteiger partial charge on any atom is -0.497 e. The second-order valence-electron chi connectivity index (χ2n) is 8.17. The molecule has 8 heteroatoms. The summed E-state index contributed by atoms with van der Waals surface area (Å²) in [5.74, 6) is 0.0914. The van der Waals surface area contributed by atoms with Crippen molar-refractivity contribution in [3.05, 3.63) is 59.9 Å². The number of para-hydroxylation sites is 2. The fourth-order valence-electron chi connectivity index (χ4n) is 4.16. The van der Waals surface area contributed by atoms with Gasteiger partial charge in [-0.25, -0.2) is 0 Å². The van der Waals surface area contributed by atoms with E-state index in [0.29, 0.717) is 49.7 Å². The minimum absolute atomic E-state index is 0.125. The van der Waals surface area contributed by atoms with Gasteiger partial charge in [0.1, 0.15) is 12.3 Å². The Bertz CT molecular complexity index is 1090. The van der Waals surface area contributed by atoms with E-state index in [-0.39, 0.29) is 30.1 Å². The molecule has 1 saturated heterocycles. The van der Waals surface area contributed by atoms with Crippen LogP contribution in [0.3, 0.4) is 0 Å². The number of anilines is 1. The number of piperidine rings is 1. The summed E-state index contributed by atoms with van der Waals surface area (Å²) in [4.78, 5) is 41.8. The van der Waals surface area contributed by atoms with Gasteiger partial charge in [0.05, 0.1) is 25.3 Å². The van der Waals surface area contributed by atoms with E-state index in [1.165, 1.54) is 4.90 Å². The molecule has 0 saturated carbocycles. The van der Waals surface area contributed by atoms with E-state index >= 15 is 0 Å². The summed E-state index contributed by atoms with van der Waals surface area (Å²) in [6.45, 7) is 2.78. The van der Waals surface area contributed by atoms with Crippen LogP contribution in [0.4, 0.5) is 5.69 Å². The lowest BCUT2D eigenvalue weighted by Crippen LogP contribution is -2.49. The summed E-state index contributed by atoms with van der Waals surface area (Å²) in [5, 5.41) is 0. The van der Waals surface area contributed by atoms with E-state index in [2.05, 4.69) is 0 Å². The third-order valence-corrected chi connectivity index (χ3v) is 5.93. The third kappa shape index (κ3) is 5.06. The Hall–Kier alpha value is -3.81. The summed E-state index contributed by atoms with van der Waals surface area (Å²) >= 11 is 0. The highest BCUT2D eigenvalue weighted by Crippen LogP contribution is 2.35. The molecule has 0 unspecified atom stereocenters. The molecule has 0 N–H and O–H groups in total. The Morgan fingerprint density at radius 1 is 1.15 bits per heavy atom. The second-order valence-corrected chi connectivity index (χ2v) is 8.17. The molecule has 2 heterocycles. The summed E-state index contributed by atoms with van der Waals surface area (Å²) in [5.41, 5.74) is 1.30. The molecule has 2 amide bonds. The summed E-state index contributed by atoms with van der Waals surface area (Å²) < 4.78 is 16.2. The molecular formula is C26H28N2O6. The predicted octanol–water partition coefficient (Wildman–Crippen LogP) is 3.26. The maximum atomic E-state index is 13.4. The Kier molecular flexibility index (Phi) is 7.15. The van der Waals surface area contributed by atoms with Crippen molar-refractivity contribution in [3.8, 4) is 11.5 Å². The SMILES string of the molecule is CCOC(=O)[C@H]1CCCN(C(=O)CN2C(=O)/C(=C/c3ccc(OC)cc3)Oc3ccccc32)C1. The number of carbonyl (C=O) groups excluding carboxylic acids is 3. The van der Waals surface area contributed by atoms with Crippen molar-refractivity contribution in [3.63, 3.8) is 0 Å². The van der Waals surface area contributed by atoms with E-state index < -0.39 is 5.91 Å². The van der Waals surface area contributed by atoms with Crippen molar-refractivity contribution in [1.82, 2.24) is 4.90 Å². The highest BCUT2D eigenvalue weighted by molar-refractivity contribution is 6.12. The van der Waals surface area contributed by atoms with Crippen LogP contribution >= 0.6 is 0 Å². The monoisotopic (exact) mass is 464 g/mol. The normalized spacial score (nSPS) is 18.8. The van der Waals surface area contributed by atoms with Crippen LogP contribution in [0.25, 0.3) is 6.08 Å². The standard InChI is InChI=1S/C26H28N2O6/c1-3-33-26(31)19-7-6-14-27(16-19)24(29)17-28-21-8-4-5-9-22(21)34-23(25(28)30)15-18-10-12-20(32-2)13-11-18/h4-5,8-13,15,19H,3,6-7,14,16-17H2,1-2H3/b23-15-/t19-/m0/s1. The van der Waals surface area contributed by atoms with Gasteiger partial charge in [-0.3, -0.25) is 19.3 Å². The fourth-order valence-corrected chi connectivity index (χ4v) is 4.16. The first kappa shape index (κ1) is 23.4. The molecule has 2 aliphatic rings. The number of esters is 1. The largest absolute Gasteiger partial charge is 0.497 e. The van der Waals surface area contributed by atoms with Crippen LogP contribution in [0.1, 0.15) is 25.3 Å². The molecule has 2 aliphatic heterocycles. The number of likely N-dealkylation sites (tertiary alicyclic amines) is 1. The third-order valence-electron chi connectivity index (χ3n) is 5.93. The molecule has 178 valence electrons. The van der Waals surface area contributed by atoms with Crippen molar-refractivity contribution in [1.29, 1.82) is 0 Å². The van der Waals surface area contributed by atoms with Gasteiger partial charge < -0.3 is 19.1 Å². The van der Waals surface area contributed by atoms with Crippen molar-refractivity contribution in [2.75, 3.05) is 38.3 Å². The average molecular weight is 465 g/mol. The average Bonchev–Trinajstić information content (AvgIpc) is 2.87. The lowest BCUT2D eigenvalue weighted by atomic mass is 9.98. The predicted molar refractivity (Wildman–Crippen MR) is 126 cm³/mol. The van der Waals surface area contributed by atoms with Gasteiger partial charge in [-0.1, -0.05) is 24.3 Å². The van der Waals surface area contributed by atoms with Crippen LogP contribution in [0.15, 0.2) is 54.3 Å². The van der Waals surface area contributed by atoms with Gasteiger partial charge in [-0.15, -0.1) is 0 Å². The molecule has 1 fully saturated rings. The Morgan fingerprint density at radius 3 is 2.65 bits per heavy atom. The minimum atomic E-state index is -0.401. The summed E-state index contributed by atoms with van der Waals surface area (Å²) in [6, 6.07) is 14.4. The maximum absolute atomic E-state index is 13.4. The van der Waals surface area contributed by atoms with Crippen molar-refractivity contribution in [2.24, 2.45) is 5.92 Å². The number of benzene rings is 2. The van der Waals surface area contributed by atoms with Crippen LogP contribution in [-0.4, -0.2) is 56.0 Å². The molecule has 4 rings (SSSR count). The highest BCUT2D eigenvalue weighted by Gasteiger charge is 2.35. The molecule has 0 radical (unpaired) electrons. The van der Waals surface area contributed by atoms with E-state index in [0.717, 1.165) is 5.56 Å². The molecule has 8 nitrogen and oxygen atoms in total. The van der Waals surface area contributed by atoms with Gasteiger partial charge in [0, 0.05) is 13.1 Å². The maximum Gasteiger partial charge on any atom is 0.310 e. The van der Waals surface area contributed by atoms with Crippen molar-refractivity contribution < 1.29 is 28.6 Å². The molecule has 0 aliphatic carbocycles. The number of hydrogen-bond acceptors (Lipinski definition) is 6. The van der Waals surface area contributed by atoms with Crippen LogP contribution < -0.4 is 14.4 Å². The number of amides is 2. The van der Waals surface area contributed by atoms with Crippen molar-refractivity contribution in [2.45, 2.75) is 19.8 Å². The number of methoxy groups -OCH3 is 1. The zero-order valence-electron chi connectivity index (χ0n) is 19.4. The fraction of sp³-hybridized carbons (Fsp3) is 0.346. The van der Waals surface area contributed by atoms with Crippen LogP contribution in [0, 0.1) is 5.92 Å². The Labute approximate surface area is 198 Å². The number of hydrogen-bond donors (Lipinski definition) is 0. The molecule has 2 aromatic rings. The zero-order chi connectivity index (χ0) is 24.1. The number of carbonyl (C=O) groups is 3. The van der Waals surface area contributed by atoms with Crippen LogP contribution in [0.2, 0.25) is 0 Å².